The number of hydrogen-bond acceptors (Lipinski definition) is 5. The van der Waals surface area contributed by atoms with Crippen LogP contribution in [0.4, 0.5) is 0 Å². The minimum atomic E-state index is -0.335. The molecule has 2 N–H and O–H groups in total. The topological polar surface area (TPSA) is 94.1 Å². The van der Waals surface area contributed by atoms with Gasteiger partial charge in [0.25, 0.3) is 0 Å². The van der Waals surface area contributed by atoms with Crippen LogP contribution in [0.25, 0.3) is 0 Å². The van der Waals surface area contributed by atoms with Crippen LogP contribution in [0.3, 0.4) is 0 Å². The lowest BCUT2D eigenvalue weighted by molar-refractivity contribution is -0.134. The molecule has 7 nitrogen and oxygen atoms in total. The average Bonchev–Trinajstić information content (AvgIpc) is 3.31. The Bertz CT molecular complexity index is 633. The van der Waals surface area contributed by atoms with Crippen LogP contribution >= 0.6 is 11.8 Å². The van der Waals surface area contributed by atoms with Crippen LogP contribution in [0.1, 0.15) is 64.1 Å². The number of aromatic nitrogens is 3. The maximum Gasteiger partial charge on any atom is 0.233 e. The Hall–Kier alpha value is -1.57. The van der Waals surface area contributed by atoms with Gasteiger partial charge in [-0.25, -0.2) is 0 Å². The molecule has 1 aliphatic heterocycles. The van der Waals surface area contributed by atoms with E-state index in [9.17, 15) is 9.59 Å². The number of amides is 2. The minimum absolute atomic E-state index is 0.155. The van der Waals surface area contributed by atoms with E-state index in [2.05, 4.69) is 24.0 Å². The van der Waals surface area contributed by atoms with E-state index in [1.807, 2.05) is 9.47 Å². The van der Waals surface area contributed by atoms with Crippen molar-refractivity contribution in [1.82, 2.24) is 19.7 Å². The van der Waals surface area contributed by atoms with Crippen LogP contribution in [-0.4, -0.2) is 49.3 Å². The Kier molecular flexibility index (Phi) is 5.66. The number of carbonyl (C=O) groups is 2. The van der Waals surface area contributed by atoms with E-state index in [0.717, 1.165) is 31.5 Å². The first kappa shape index (κ1) is 18.2. The minimum Gasteiger partial charge on any atom is -0.370 e. The van der Waals surface area contributed by atoms with Gasteiger partial charge in [-0.05, 0) is 46.0 Å². The number of carbonyl (C=O) groups excluding carboxylic acids is 2. The zero-order valence-corrected chi connectivity index (χ0v) is 15.8. The second kappa shape index (κ2) is 7.76. The van der Waals surface area contributed by atoms with Crippen LogP contribution in [0.15, 0.2) is 5.16 Å². The second-order valence-corrected chi connectivity index (χ2v) is 8.14. The fourth-order valence-electron chi connectivity index (χ4n) is 3.60. The molecule has 0 spiro atoms. The molecule has 2 amide bonds. The molecule has 2 aliphatic rings. The Morgan fingerprint density at radius 1 is 1.16 bits per heavy atom. The highest BCUT2D eigenvalue weighted by atomic mass is 32.2. The highest BCUT2D eigenvalue weighted by molar-refractivity contribution is 7.99. The summed E-state index contributed by atoms with van der Waals surface area (Å²) in [5.41, 5.74) is 5.29. The van der Waals surface area contributed by atoms with Gasteiger partial charge in [0.1, 0.15) is 5.82 Å². The molecule has 1 saturated heterocycles. The summed E-state index contributed by atoms with van der Waals surface area (Å²) in [5.74, 6) is 1.54. The van der Waals surface area contributed by atoms with Crippen molar-refractivity contribution in [2.24, 2.45) is 5.73 Å². The first-order valence-corrected chi connectivity index (χ1v) is 10.1. The third-order valence-corrected chi connectivity index (χ3v) is 6.03. The molecule has 8 heteroatoms. The summed E-state index contributed by atoms with van der Waals surface area (Å²) < 4.78 is 1.98. The van der Waals surface area contributed by atoms with Gasteiger partial charge < -0.3 is 15.2 Å². The van der Waals surface area contributed by atoms with E-state index < -0.39 is 0 Å². The number of nitrogens with zero attached hydrogens (tertiary/aromatic N) is 4. The number of likely N-dealkylation sites (tertiary alicyclic amines) is 1. The molecule has 2 fully saturated rings. The molecule has 138 valence electrons. The van der Waals surface area contributed by atoms with Crippen LogP contribution in [-0.2, 0) is 16.1 Å². The normalized spacial score (nSPS) is 23.7. The molecule has 2 unspecified atom stereocenters. The van der Waals surface area contributed by atoms with Gasteiger partial charge in [-0.2, -0.15) is 0 Å². The lowest BCUT2D eigenvalue weighted by Gasteiger charge is -2.39. The third-order valence-electron chi connectivity index (χ3n) is 5.08. The SMILES string of the molecule is CC1CCCC(C)N1C(=O)CSc1nnc(C2CC2)n1CCC(N)=O. The predicted molar refractivity (Wildman–Crippen MR) is 96.2 cm³/mol. The number of rotatable bonds is 7. The molecule has 1 aromatic heterocycles. The zero-order valence-electron chi connectivity index (χ0n) is 15.0. The number of piperidine rings is 1. The highest BCUT2D eigenvalue weighted by Crippen LogP contribution is 2.40. The predicted octanol–water partition coefficient (Wildman–Crippen LogP) is 1.91. The molecule has 2 heterocycles. The monoisotopic (exact) mass is 365 g/mol. The van der Waals surface area contributed by atoms with Gasteiger partial charge in [-0.3, -0.25) is 9.59 Å². The smallest absolute Gasteiger partial charge is 0.233 e. The first-order chi connectivity index (χ1) is 12.0. The molecule has 25 heavy (non-hydrogen) atoms. The number of hydrogen-bond donors (Lipinski definition) is 1. The van der Waals surface area contributed by atoms with Gasteiger partial charge in [-0.15, -0.1) is 10.2 Å². The van der Waals surface area contributed by atoms with Crippen LogP contribution in [0.5, 0.6) is 0 Å². The molecule has 1 aromatic rings. The summed E-state index contributed by atoms with van der Waals surface area (Å²) >= 11 is 1.42. The molecular weight excluding hydrogens is 338 g/mol. The maximum atomic E-state index is 12.7. The molecular formula is C17H27N5O2S. The number of thioether (sulfide) groups is 1. The number of nitrogens with two attached hydrogens (primary N) is 1. The molecule has 3 rings (SSSR count). The summed E-state index contributed by atoms with van der Waals surface area (Å²) in [6, 6.07) is 0.596. The first-order valence-electron chi connectivity index (χ1n) is 9.12. The summed E-state index contributed by atoms with van der Waals surface area (Å²) in [6.45, 7) is 4.73. The molecule has 0 aromatic carbocycles. The van der Waals surface area contributed by atoms with Crippen molar-refractivity contribution in [2.75, 3.05) is 5.75 Å². The van der Waals surface area contributed by atoms with Crippen LogP contribution in [0, 0.1) is 0 Å². The third kappa shape index (κ3) is 4.34. The lowest BCUT2D eigenvalue weighted by atomic mass is 9.98. The van der Waals surface area contributed by atoms with Gasteiger partial charge in [0, 0.05) is 31.0 Å². The maximum absolute atomic E-state index is 12.7. The molecule has 0 bridgehead atoms. The molecule has 1 aliphatic carbocycles. The fourth-order valence-corrected chi connectivity index (χ4v) is 4.44. The summed E-state index contributed by atoms with van der Waals surface area (Å²) in [4.78, 5) is 25.9. The van der Waals surface area contributed by atoms with Gasteiger partial charge >= 0.3 is 0 Å². The Morgan fingerprint density at radius 3 is 2.44 bits per heavy atom. The molecule has 2 atom stereocenters. The highest BCUT2D eigenvalue weighted by Gasteiger charge is 2.32. The lowest BCUT2D eigenvalue weighted by Crippen LogP contribution is -2.48. The summed E-state index contributed by atoms with van der Waals surface area (Å²) in [7, 11) is 0. The van der Waals surface area contributed by atoms with Crippen molar-refractivity contribution < 1.29 is 9.59 Å². The van der Waals surface area contributed by atoms with E-state index in [4.69, 9.17) is 5.73 Å². The van der Waals surface area contributed by atoms with Gasteiger partial charge in [0.05, 0.1) is 5.75 Å². The largest absolute Gasteiger partial charge is 0.370 e. The second-order valence-electron chi connectivity index (χ2n) is 7.20. The number of primary amides is 1. The Labute approximate surface area is 152 Å². The van der Waals surface area contributed by atoms with E-state index in [0.29, 0.717) is 35.5 Å². The van der Waals surface area contributed by atoms with E-state index in [-0.39, 0.29) is 18.2 Å². The standard InChI is InChI=1S/C17H27N5O2S/c1-11-4-3-5-12(2)22(11)15(24)10-25-17-20-19-16(13-6-7-13)21(17)9-8-14(18)23/h11-13H,3-10H2,1-2H3,(H2,18,23). The average molecular weight is 366 g/mol. The fraction of sp³-hybridized carbons (Fsp3) is 0.765. The molecule has 1 saturated carbocycles. The van der Waals surface area contributed by atoms with E-state index in [1.165, 1.54) is 18.2 Å². The van der Waals surface area contributed by atoms with Crippen molar-refractivity contribution in [3.05, 3.63) is 5.82 Å². The van der Waals surface area contributed by atoms with Crippen LogP contribution in [0.2, 0.25) is 0 Å². The van der Waals surface area contributed by atoms with E-state index in [1.54, 1.807) is 0 Å². The van der Waals surface area contributed by atoms with Crippen molar-refractivity contribution in [3.8, 4) is 0 Å². The Morgan fingerprint density at radius 2 is 1.84 bits per heavy atom. The molecule has 0 radical (unpaired) electrons. The van der Waals surface area contributed by atoms with Gasteiger partial charge in [0.2, 0.25) is 11.8 Å². The Balaban J connectivity index is 1.65. The zero-order chi connectivity index (χ0) is 18.0. The van der Waals surface area contributed by atoms with E-state index >= 15 is 0 Å². The van der Waals surface area contributed by atoms with Gasteiger partial charge in [-0.1, -0.05) is 11.8 Å². The summed E-state index contributed by atoms with van der Waals surface area (Å²) in [6.07, 6.45) is 5.82. The quantitative estimate of drug-likeness (QED) is 0.745. The summed E-state index contributed by atoms with van der Waals surface area (Å²) in [5, 5.41) is 9.27. The van der Waals surface area contributed by atoms with Crippen molar-refractivity contribution in [3.63, 3.8) is 0 Å². The van der Waals surface area contributed by atoms with Gasteiger partial charge in [0.15, 0.2) is 5.16 Å². The van der Waals surface area contributed by atoms with Crippen LogP contribution < -0.4 is 5.73 Å². The van der Waals surface area contributed by atoms with Crippen molar-refractivity contribution in [1.29, 1.82) is 0 Å². The van der Waals surface area contributed by atoms with Crippen molar-refractivity contribution in [2.45, 2.75) is 82.1 Å². The van der Waals surface area contributed by atoms with Crippen molar-refractivity contribution >= 4 is 23.6 Å².